The fourth-order valence-corrected chi connectivity index (χ4v) is 1.55. The van der Waals surface area contributed by atoms with E-state index in [0.29, 0.717) is 0 Å². The van der Waals surface area contributed by atoms with Crippen LogP contribution in [0.4, 0.5) is 0 Å². The Morgan fingerprint density at radius 2 is 1.40 bits per heavy atom. The molecule has 0 fully saturated rings. The average Bonchev–Trinajstić information content (AvgIpc) is 2.26. The average molecular weight is 216 g/mol. The lowest BCUT2D eigenvalue weighted by Crippen LogP contribution is -2.10. The Labute approximate surface area is 95.3 Å². The largest absolute Gasteiger partial charge is 0.356 e. The van der Waals surface area contributed by atoms with Crippen LogP contribution in [0.15, 0.2) is 0 Å². The van der Waals surface area contributed by atoms with Crippen LogP contribution < -0.4 is 0 Å². The molecule has 0 saturated heterocycles. The van der Waals surface area contributed by atoms with E-state index in [9.17, 15) is 0 Å². The maximum Gasteiger partial charge on any atom is 0.154 e. The maximum absolute atomic E-state index is 5.41. The molecule has 0 radical (unpaired) electrons. The third-order valence-electron chi connectivity index (χ3n) is 2.68. The van der Waals surface area contributed by atoms with Crippen LogP contribution in [0.25, 0.3) is 0 Å². The molecule has 0 aliphatic heterocycles. The van der Waals surface area contributed by atoms with Gasteiger partial charge in [0.05, 0.1) is 0 Å². The summed E-state index contributed by atoms with van der Waals surface area (Å²) in [6, 6.07) is 0. The highest BCUT2D eigenvalue weighted by Gasteiger charge is 1.97. The molecular formula is C13H28O2. The van der Waals surface area contributed by atoms with Crippen LogP contribution in [-0.2, 0) is 9.47 Å². The highest BCUT2D eigenvalue weighted by atomic mass is 16.7. The van der Waals surface area contributed by atoms with Gasteiger partial charge in [-0.2, -0.15) is 0 Å². The van der Waals surface area contributed by atoms with Crippen molar-refractivity contribution in [3.05, 3.63) is 0 Å². The molecule has 0 aliphatic rings. The summed E-state index contributed by atoms with van der Waals surface area (Å²) < 4.78 is 10.4. The molecule has 0 saturated carbocycles. The SMILES string of the molecule is CCCCCCCCCCO[C@@H](C)OC. The zero-order chi connectivity index (χ0) is 11.4. The Balaban J connectivity index is 2.92. The summed E-state index contributed by atoms with van der Waals surface area (Å²) in [6.45, 7) is 5.03. The second-order valence-electron chi connectivity index (χ2n) is 4.15. The number of methoxy groups -OCH3 is 1. The Kier molecular flexibility index (Phi) is 11.9. The maximum atomic E-state index is 5.41. The van der Waals surface area contributed by atoms with Gasteiger partial charge in [0.25, 0.3) is 0 Å². The lowest BCUT2D eigenvalue weighted by molar-refractivity contribution is -0.111. The van der Waals surface area contributed by atoms with E-state index < -0.39 is 0 Å². The third kappa shape index (κ3) is 11.8. The van der Waals surface area contributed by atoms with E-state index in [0.717, 1.165) is 6.61 Å². The van der Waals surface area contributed by atoms with E-state index in [-0.39, 0.29) is 6.29 Å². The molecule has 0 rings (SSSR count). The van der Waals surface area contributed by atoms with E-state index in [1.807, 2.05) is 6.92 Å². The van der Waals surface area contributed by atoms with Crippen LogP contribution in [0.1, 0.15) is 65.2 Å². The third-order valence-corrected chi connectivity index (χ3v) is 2.68. The molecule has 0 N–H and O–H groups in total. The highest BCUT2D eigenvalue weighted by Crippen LogP contribution is 2.08. The normalized spacial score (nSPS) is 13.0. The van der Waals surface area contributed by atoms with E-state index in [1.54, 1.807) is 7.11 Å². The smallest absolute Gasteiger partial charge is 0.154 e. The highest BCUT2D eigenvalue weighted by molar-refractivity contribution is 4.45. The number of hydrogen-bond acceptors (Lipinski definition) is 2. The molecule has 0 aromatic heterocycles. The predicted octanol–water partition coefficient (Wildman–Crippen LogP) is 4.14. The van der Waals surface area contributed by atoms with E-state index >= 15 is 0 Å². The molecule has 0 aromatic carbocycles. The fourth-order valence-electron chi connectivity index (χ4n) is 1.55. The summed E-state index contributed by atoms with van der Waals surface area (Å²) in [5.41, 5.74) is 0. The van der Waals surface area contributed by atoms with Crippen LogP contribution in [0.5, 0.6) is 0 Å². The van der Waals surface area contributed by atoms with Crippen molar-refractivity contribution >= 4 is 0 Å². The summed E-state index contributed by atoms with van der Waals surface area (Å²) in [5, 5.41) is 0. The Morgan fingerprint density at radius 1 is 0.867 bits per heavy atom. The second-order valence-corrected chi connectivity index (χ2v) is 4.15. The first-order valence-electron chi connectivity index (χ1n) is 6.45. The summed E-state index contributed by atoms with van der Waals surface area (Å²) in [4.78, 5) is 0. The molecule has 0 unspecified atom stereocenters. The second kappa shape index (κ2) is 12.0. The fraction of sp³-hybridized carbons (Fsp3) is 1.00. The molecule has 2 heteroatoms. The molecule has 0 aromatic rings. The van der Waals surface area contributed by atoms with Crippen molar-refractivity contribution in [2.75, 3.05) is 13.7 Å². The zero-order valence-electron chi connectivity index (χ0n) is 10.8. The molecule has 0 amide bonds. The van der Waals surface area contributed by atoms with Gasteiger partial charge in [-0.05, 0) is 13.3 Å². The number of rotatable bonds is 11. The summed E-state index contributed by atoms with van der Waals surface area (Å²) in [5.74, 6) is 0. The Bertz CT molecular complexity index is 115. The van der Waals surface area contributed by atoms with Gasteiger partial charge in [-0.25, -0.2) is 0 Å². The quantitative estimate of drug-likeness (QED) is 0.382. The van der Waals surface area contributed by atoms with Crippen molar-refractivity contribution in [2.24, 2.45) is 0 Å². The first-order valence-corrected chi connectivity index (χ1v) is 6.45. The van der Waals surface area contributed by atoms with Gasteiger partial charge in [-0.1, -0.05) is 51.9 Å². The van der Waals surface area contributed by atoms with E-state index in [4.69, 9.17) is 9.47 Å². The molecule has 15 heavy (non-hydrogen) atoms. The first-order chi connectivity index (χ1) is 7.31. The molecule has 1 atom stereocenters. The van der Waals surface area contributed by atoms with Gasteiger partial charge in [-0.15, -0.1) is 0 Å². The standard InChI is InChI=1S/C13H28O2/c1-4-5-6-7-8-9-10-11-12-15-13(2)14-3/h13H,4-12H2,1-3H3/t13-/m0/s1. The van der Waals surface area contributed by atoms with Crippen molar-refractivity contribution < 1.29 is 9.47 Å². The topological polar surface area (TPSA) is 18.5 Å². The number of hydrogen-bond donors (Lipinski definition) is 0. The van der Waals surface area contributed by atoms with Crippen LogP contribution in [0, 0.1) is 0 Å². The molecular weight excluding hydrogens is 188 g/mol. The minimum atomic E-state index is -0.0467. The van der Waals surface area contributed by atoms with Crippen LogP contribution in [0.3, 0.4) is 0 Å². The summed E-state index contributed by atoms with van der Waals surface area (Å²) >= 11 is 0. The van der Waals surface area contributed by atoms with Gasteiger partial charge in [0.2, 0.25) is 0 Å². The first kappa shape index (κ1) is 14.9. The van der Waals surface area contributed by atoms with Gasteiger partial charge in [-0.3, -0.25) is 0 Å². The lowest BCUT2D eigenvalue weighted by Gasteiger charge is -2.10. The van der Waals surface area contributed by atoms with Gasteiger partial charge >= 0.3 is 0 Å². The van der Waals surface area contributed by atoms with Crippen molar-refractivity contribution in [3.63, 3.8) is 0 Å². The summed E-state index contributed by atoms with van der Waals surface area (Å²) in [7, 11) is 1.68. The Hall–Kier alpha value is -0.0800. The molecule has 0 heterocycles. The van der Waals surface area contributed by atoms with Gasteiger partial charge in [0.15, 0.2) is 6.29 Å². The molecule has 0 spiro atoms. The van der Waals surface area contributed by atoms with Crippen molar-refractivity contribution in [2.45, 2.75) is 71.5 Å². The van der Waals surface area contributed by atoms with Crippen LogP contribution in [0.2, 0.25) is 0 Å². The predicted molar refractivity (Wildman–Crippen MR) is 65.0 cm³/mol. The molecule has 2 nitrogen and oxygen atoms in total. The van der Waals surface area contributed by atoms with Gasteiger partial charge < -0.3 is 9.47 Å². The minimum Gasteiger partial charge on any atom is -0.356 e. The van der Waals surface area contributed by atoms with Gasteiger partial charge in [0.1, 0.15) is 0 Å². The van der Waals surface area contributed by atoms with Crippen molar-refractivity contribution in [1.82, 2.24) is 0 Å². The van der Waals surface area contributed by atoms with Crippen LogP contribution >= 0.6 is 0 Å². The Morgan fingerprint density at radius 3 is 1.93 bits per heavy atom. The number of unbranched alkanes of at least 4 members (excludes halogenated alkanes) is 7. The molecule has 0 aliphatic carbocycles. The van der Waals surface area contributed by atoms with Crippen molar-refractivity contribution in [3.8, 4) is 0 Å². The zero-order valence-corrected chi connectivity index (χ0v) is 10.8. The van der Waals surface area contributed by atoms with Crippen LogP contribution in [-0.4, -0.2) is 20.0 Å². The minimum absolute atomic E-state index is 0.0467. The number of ether oxygens (including phenoxy) is 2. The van der Waals surface area contributed by atoms with Crippen molar-refractivity contribution in [1.29, 1.82) is 0 Å². The summed E-state index contributed by atoms with van der Waals surface area (Å²) in [6.07, 6.45) is 10.7. The molecule has 92 valence electrons. The van der Waals surface area contributed by atoms with E-state index in [1.165, 1.54) is 51.4 Å². The van der Waals surface area contributed by atoms with Gasteiger partial charge in [0, 0.05) is 13.7 Å². The van der Waals surface area contributed by atoms with E-state index in [2.05, 4.69) is 6.92 Å². The molecule has 0 bridgehead atoms. The lowest BCUT2D eigenvalue weighted by atomic mass is 10.1. The monoisotopic (exact) mass is 216 g/mol.